The van der Waals surface area contributed by atoms with Crippen LogP contribution in [-0.4, -0.2) is 18.5 Å². The van der Waals surface area contributed by atoms with Gasteiger partial charge in [0.2, 0.25) is 5.91 Å². The van der Waals surface area contributed by atoms with Crippen molar-refractivity contribution >= 4 is 17.6 Å². The van der Waals surface area contributed by atoms with E-state index in [2.05, 4.69) is 5.32 Å². The molecule has 0 aliphatic carbocycles. The average molecular weight is 246 g/mol. The molecule has 0 fully saturated rings. The third-order valence-electron chi connectivity index (χ3n) is 2.18. The molecule has 94 valence electrons. The van der Waals surface area contributed by atoms with Crippen LogP contribution in [0.15, 0.2) is 18.2 Å². The fourth-order valence-corrected chi connectivity index (χ4v) is 1.41. The molecule has 0 radical (unpaired) electrons. The number of rotatable bonds is 4. The molecule has 1 rings (SSSR count). The molecule has 0 aliphatic heterocycles. The fourth-order valence-electron chi connectivity index (χ4n) is 1.41. The van der Waals surface area contributed by atoms with Gasteiger partial charge in [-0.1, -0.05) is 11.6 Å². The summed E-state index contributed by atoms with van der Waals surface area (Å²) in [6.45, 7) is 3.81. The molecular formula is C13H14N2O3. The second-order valence-corrected chi connectivity index (χ2v) is 3.65. The minimum Gasteiger partial charge on any atom is -0.462 e. The van der Waals surface area contributed by atoms with E-state index in [1.807, 2.05) is 6.92 Å². The predicted molar refractivity (Wildman–Crippen MR) is 66.0 cm³/mol. The zero-order valence-corrected chi connectivity index (χ0v) is 10.3. The first-order valence-electron chi connectivity index (χ1n) is 5.53. The van der Waals surface area contributed by atoms with Crippen LogP contribution in [0.4, 0.5) is 5.69 Å². The molecule has 0 atom stereocenters. The van der Waals surface area contributed by atoms with Crippen LogP contribution in [0.2, 0.25) is 0 Å². The van der Waals surface area contributed by atoms with Crippen molar-refractivity contribution in [1.82, 2.24) is 0 Å². The Hall–Kier alpha value is -2.35. The molecule has 18 heavy (non-hydrogen) atoms. The first kappa shape index (κ1) is 13.7. The van der Waals surface area contributed by atoms with Gasteiger partial charge in [0, 0.05) is 0 Å². The number of ether oxygens (including phenoxy) is 1. The van der Waals surface area contributed by atoms with Crippen LogP contribution >= 0.6 is 0 Å². The van der Waals surface area contributed by atoms with Gasteiger partial charge in [-0.05, 0) is 26.0 Å². The highest BCUT2D eigenvalue weighted by Gasteiger charge is 2.14. The lowest BCUT2D eigenvalue weighted by Gasteiger charge is -2.10. The highest BCUT2D eigenvalue weighted by atomic mass is 16.5. The predicted octanol–water partition coefficient (Wildman–Crippen LogP) is 2.02. The van der Waals surface area contributed by atoms with E-state index in [1.165, 1.54) is 0 Å². The molecule has 0 saturated heterocycles. The van der Waals surface area contributed by atoms with Gasteiger partial charge in [0.25, 0.3) is 0 Å². The molecule has 0 bridgehead atoms. The number of hydrogen-bond acceptors (Lipinski definition) is 4. The largest absolute Gasteiger partial charge is 0.462 e. The van der Waals surface area contributed by atoms with E-state index in [0.717, 1.165) is 5.56 Å². The molecule has 1 amide bonds. The third-order valence-corrected chi connectivity index (χ3v) is 2.18. The van der Waals surface area contributed by atoms with Crippen molar-refractivity contribution in [2.24, 2.45) is 0 Å². The molecule has 5 heteroatoms. The summed E-state index contributed by atoms with van der Waals surface area (Å²) in [4.78, 5) is 23.1. The molecule has 1 aromatic rings. The SMILES string of the molecule is CCOC(=O)c1cc(C)ccc1NC(=O)CC#N. The zero-order valence-electron chi connectivity index (χ0n) is 10.3. The van der Waals surface area contributed by atoms with E-state index >= 15 is 0 Å². The Morgan fingerprint density at radius 1 is 1.44 bits per heavy atom. The van der Waals surface area contributed by atoms with Crippen LogP contribution < -0.4 is 5.32 Å². The number of aryl methyl sites for hydroxylation is 1. The van der Waals surface area contributed by atoms with Gasteiger partial charge in [-0.2, -0.15) is 5.26 Å². The number of esters is 1. The number of carbonyl (C=O) groups is 2. The van der Waals surface area contributed by atoms with E-state index in [0.29, 0.717) is 11.3 Å². The second-order valence-electron chi connectivity index (χ2n) is 3.65. The van der Waals surface area contributed by atoms with Crippen LogP contribution in [-0.2, 0) is 9.53 Å². The van der Waals surface area contributed by atoms with Crippen LogP contribution in [0.3, 0.4) is 0 Å². The standard InChI is InChI=1S/C13H14N2O3/c1-3-18-13(17)10-8-9(2)4-5-11(10)15-12(16)6-7-14/h4-5,8H,3,6H2,1-2H3,(H,15,16). The molecular weight excluding hydrogens is 232 g/mol. The van der Waals surface area contributed by atoms with E-state index in [4.69, 9.17) is 10.00 Å². The third kappa shape index (κ3) is 3.59. The minimum absolute atomic E-state index is 0.254. The summed E-state index contributed by atoms with van der Waals surface area (Å²) >= 11 is 0. The van der Waals surface area contributed by atoms with E-state index in [-0.39, 0.29) is 13.0 Å². The summed E-state index contributed by atoms with van der Waals surface area (Å²) in [5, 5.41) is 10.9. The number of nitrogens with zero attached hydrogens (tertiary/aromatic N) is 1. The van der Waals surface area contributed by atoms with Crippen molar-refractivity contribution < 1.29 is 14.3 Å². The maximum atomic E-state index is 11.7. The summed E-state index contributed by atoms with van der Waals surface area (Å²) in [6, 6.07) is 6.77. The number of hydrogen-bond donors (Lipinski definition) is 1. The smallest absolute Gasteiger partial charge is 0.340 e. The molecule has 0 heterocycles. The van der Waals surface area contributed by atoms with Gasteiger partial charge in [0.1, 0.15) is 6.42 Å². The lowest BCUT2D eigenvalue weighted by molar-refractivity contribution is -0.115. The molecule has 0 spiro atoms. The average Bonchev–Trinajstić information content (AvgIpc) is 2.32. The Bertz CT molecular complexity index is 503. The topological polar surface area (TPSA) is 79.2 Å². The number of nitrogens with one attached hydrogen (secondary N) is 1. The molecule has 1 N–H and O–H groups in total. The number of amides is 1. The number of carbonyl (C=O) groups excluding carboxylic acids is 2. The molecule has 0 unspecified atom stereocenters. The van der Waals surface area contributed by atoms with Gasteiger partial charge in [0.15, 0.2) is 0 Å². The van der Waals surface area contributed by atoms with Gasteiger partial charge in [0.05, 0.1) is 23.9 Å². The van der Waals surface area contributed by atoms with Crippen molar-refractivity contribution in [3.8, 4) is 6.07 Å². The quantitative estimate of drug-likeness (QED) is 0.824. The maximum Gasteiger partial charge on any atom is 0.340 e. The van der Waals surface area contributed by atoms with Crippen molar-refractivity contribution in [3.63, 3.8) is 0 Å². The molecule has 0 aliphatic rings. The summed E-state index contributed by atoms with van der Waals surface area (Å²) in [5.74, 6) is -0.944. The summed E-state index contributed by atoms with van der Waals surface area (Å²) in [5.41, 5.74) is 1.54. The molecule has 0 saturated carbocycles. The van der Waals surface area contributed by atoms with Gasteiger partial charge in [-0.3, -0.25) is 4.79 Å². The summed E-state index contributed by atoms with van der Waals surface area (Å²) < 4.78 is 4.91. The van der Waals surface area contributed by atoms with Gasteiger partial charge in [-0.25, -0.2) is 4.79 Å². The van der Waals surface area contributed by atoms with E-state index in [1.54, 1.807) is 31.2 Å². The van der Waals surface area contributed by atoms with Crippen molar-refractivity contribution in [1.29, 1.82) is 5.26 Å². The minimum atomic E-state index is -0.492. The van der Waals surface area contributed by atoms with Crippen LogP contribution in [0.1, 0.15) is 29.3 Å². The number of anilines is 1. The Morgan fingerprint density at radius 3 is 2.78 bits per heavy atom. The van der Waals surface area contributed by atoms with Gasteiger partial charge in [-0.15, -0.1) is 0 Å². The van der Waals surface area contributed by atoms with Crippen LogP contribution in [0.25, 0.3) is 0 Å². The highest BCUT2D eigenvalue weighted by Crippen LogP contribution is 2.18. The monoisotopic (exact) mass is 246 g/mol. The normalized spacial score (nSPS) is 9.39. The van der Waals surface area contributed by atoms with Gasteiger partial charge < -0.3 is 10.1 Å². The van der Waals surface area contributed by atoms with Crippen LogP contribution in [0.5, 0.6) is 0 Å². The highest BCUT2D eigenvalue weighted by molar-refractivity contribution is 6.01. The van der Waals surface area contributed by atoms with E-state index < -0.39 is 11.9 Å². The molecule has 5 nitrogen and oxygen atoms in total. The summed E-state index contributed by atoms with van der Waals surface area (Å²) in [6.07, 6.45) is -0.254. The second kappa shape index (κ2) is 6.40. The Morgan fingerprint density at radius 2 is 2.17 bits per heavy atom. The van der Waals surface area contributed by atoms with Crippen molar-refractivity contribution in [2.75, 3.05) is 11.9 Å². The van der Waals surface area contributed by atoms with E-state index in [9.17, 15) is 9.59 Å². The summed E-state index contributed by atoms with van der Waals surface area (Å²) in [7, 11) is 0. The lowest BCUT2D eigenvalue weighted by atomic mass is 10.1. The first-order valence-corrected chi connectivity index (χ1v) is 5.53. The van der Waals surface area contributed by atoms with Crippen LogP contribution in [0, 0.1) is 18.3 Å². The zero-order chi connectivity index (χ0) is 13.5. The maximum absolute atomic E-state index is 11.7. The van der Waals surface area contributed by atoms with Crippen molar-refractivity contribution in [3.05, 3.63) is 29.3 Å². The lowest BCUT2D eigenvalue weighted by Crippen LogP contribution is -2.15. The number of benzene rings is 1. The Labute approximate surface area is 105 Å². The Kier molecular flexibility index (Phi) is 4.88. The fraction of sp³-hybridized carbons (Fsp3) is 0.308. The molecule has 0 aromatic heterocycles. The Balaban J connectivity index is 3.00. The molecule has 1 aromatic carbocycles. The van der Waals surface area contributed by atoms with Gasteiger partial charge >= 0.3 is 5.97 Å². The van der Waals surface area contributed by atoms with Crippen molar-refractivity contribution in [2.45, 2.75) is 20.3 Å². The number of nitriles is 1. The first-order chi connectivity index (χ1) is 8.58.